The maximum atomic E-state index is 11.9. The minimum absolute atomic E-state index is 0.103. The fourth-order valence-corrected chi connectivity index (χ4v) is 2.15. The first kappa shape index (κ1) is 11.7. The zero-order valence-electron chi connectivity index (χ0n) is 10.2. The molecule has 19 heavy (non-hydrogen) atoms. The zero-order chi connectivity index (χ0) is 13.2. The molecule has 1 aromatic heterocycles. The predicted molar refractivity (Wildman–Crippen MR) is 71.7 cm³/mol. The van der Waals surface area contributed by atoms with Crippen LogP contribution in [0.4, 0.5) is 11.6 Å². The summed E-state index contributed by atoms with van der Waals surface area (Å²) in [6.07, 6.45) is 0.698. The molecule has 0 atom stereocenters. The van der Waals surface area contributed by atoms with Crippen molar-refractivity contribution >= 4 is 11.6 Å². The van der Waals surface area contributed by atoms with Gasteiger partial charge < -0.3 is 15.7 Å². The number of anilines is 2. The number of hydrogen-bond donors (Lipinski definition) is 4. The van der Waals surface area contributed by atoms with Crippen LogP contribution in [0, 0.1) is 0 Å². The summed E-state index contributed by atoms with van der Waals surface area (Å²) in [4.78, 5) is 19.0. The Morgan fingerprint density at radius 1 is 1.37 bits per heavy atom. The van der Waals surface area contributed by atoms with Gasteiger partial charge in [-0.3, -0.25) is 9.78 Å². The lowest BCUT2D eigenvalue weighted by Gasteiger charge is -2.16. The van der Waals surface area contributed by atoms with Gasteiger partial charge >= 0.3 is 0 Å². The van der Waals surface area contributed by atoms with Gasteiger partial charge in [-0.05, 0) is 25.1 Å². The van der Waals surface area contributed by atoms with Crippen LogP contribution in [0.3, 0.4) is 0 Å². The lowest BCUT2D eigenvalue weighted by molar-refractivity contribution is 0.475. The highest BCUT2D eigenvalue weighted by Gasteiger charge is 2.15. The van der Waals surface area contributed by atoms with E-state index in [2.05, 4.69) is 20.6 Å². The lowest BCUT2D eigenvalue weighted by Crippen LogP contribution is -2.31. The van der Waals surface area contributed by atoms with E-state index in [-0.39, 0.29) is 11.3 Å². The second-order valence-electron chi connectivity index (χ2n) is 4.44. The average molecular weight is 258 g/mol. The molecule has 0 bridgehead atoms. The van der Waals surface area contributed by atoms with E-state index in [4.69, 9.17) is 0 Å². The molecule has 6 nitrogen and oxygen atoms in total. The van der Waals surface area contributed by atoms with Crippen molar-refractivity contribution in [2.45, 2.75) is 13.0 Å². The summed E-state index contributed by atoms with van der Waals surface area (Å²) in [6, 6.07) is 6.66. The normalized spacial score (nSPS) is 13.9. The molecule has 1 aliphatic rings. The molecule has 0 saturated carbocycles. The predicted octanol–water partition coefficient (Wildman–Crippen LogP) is 0.865. The number of rotatable bonds is 2. The molecule has 0 aliphatic carbocycles. The number of aromatic hydroxyl groups is 1. The smallest absolute Gasteiger partial charge is 0.255 e. The summed E-state index contributed by atoms with van der Waals surface area (Å²) < 4.78 is 0. The van der Waals surface area contributed by atoms with Crippen LogP contribution in [-0.2, 0) is 13.0 Å². The Balaban J connectivity index is 1.94. The standard InChI is InChI=1S/C13H14N4O2/c18-9-3-1-2-8(6-9)15-13-16-11-7-14-5-4-10(11)12(19)17-13/h1-3,6,14,18H,4-5,7H2,(H2,15,16,17,19). The van der Waals surface area contributed by atoms with Gasteiger partial charge in [0, 0.05) is 23.9 Å². The maximum absolute atomic E-state index is 11.9. The molecule has 98 valence electrons. The van der Waals surface area contributed by atoms with E-state index in [1.54, 1.807) is 24.3 Å². The van der Waals surface area contributed by atoms with Crippen molar-refractivity contribution in [3.63, 3.8) is 0 Å². The van der Waals surface area contributed by atoms with E-state index in [0.29, 0.717) is 24.6 Å². The summed E-state index contributed by atoms with van der Waals surface area (Å²) in [5.74, 6) is 0.546. The summed E-state index contributed by atoms with van der Waals surface area (Å²) >= 11 is 0. The molecular formula is C13H14N4O2. The summed E-state index contributed by atoms with van der Waals surface area (Å²) in [7, 11) is 0. The Hall–Kier alpha value is -2.34. The number of nitrogens with zero attached hydrogens (tertiary/aromatic N) is 1. The number of H-pyrrole nitrogens is 1. The molecule has 0 fully saturated rings. The number of aromatic nitrogens is 2. The molecule has 0 spiro atoms. The second kappa shape index (κ2) is 4.74. The molecule has 0 radical (unpaired) electrons. The quantitative estimate of drug-likeness (QED) is 0.641. The molecule has 0 amide bonds. The van der Waals surface area contributed by atoms with Crippen LogP contribution in [-0.4, -0.2) is 21.6 Å². The Kier molecular flexibility index (Phi) is 2.92. The third-order valence-corrected chi connectivity index (χ3v) is 3.05. The summed E-state index contributed by atoms with van der Waals surface area (Å²) in [6.45, 7) is 1.41. The van der Waals surface area contributed by atoms with Gasteiger partial charge in [0.05, 0.1) is 5.69 Å². The number of phenolic OH excluding ortho intramolecular Hbond substituents is 1. The zero-order valence-corrected chi connectivity index (χ0v) is 10.2. The Bertz CT molecular complexity index is 666. The van der Waals surface area contributed by atoms with E-state index in [1.807, 2.05) is 0 Å². The van der Waals surface area contributed by atoms with Crippen LogP contribution in [0.15, 0.2) is 29.1 Å². The first-order valence-corrected chi connectivity index (χ1v) is 6.11. The van der Waals surface area contributed by atoms with E-state index in [0.717, 1.165) is 17.8 Å². The Labute approximate surface area is 109 Å². The van der Waals surface area contributed by atoms with Crippen LogP contribution in [0.25, 0.3) is 0 Å². The van der Waals surface area contributed by atoms with Crippen LogP contribution < -0.4 is 16.2 Å². The topological polar surface area (TPSA) is 90.0 Å². The van der Waals surface area contributed by atoms with E-state index < -0.39 is 0 Å². The monoisotopic (exact) mass is 258 g/mol. The van der Waals surface area contributed by atoms with Crippen LogP contribution >= 0.6 is 0 Å². The fourth-order valence-electron chi connectivity index (χ4n) is 2.15. The number of phenols is 1. The molecule has 2 aromatic rings. The highest BCUT2D eigenvalue weighted by atomic mass is 16.3. The van der Waals surface area contributed by atoms with E-state index in [9.17, 15) is 9.90 Å². The first-order valence-electron chi connectivity index (χ1n) is 6.11. The van der Waals surface area contributed by atoms with E-state index >= 15 is 0 Å². The number of hydrogen-bond acceptors (Lipinski definition) is 5. The fraction of sp³-hybridized carbons (Fsp3) is 0.231. The van der Waals surface area contributed by atoms with Crippen molar-refractivity contribution in [1.29, 1.82) is 0 Å². The molecule has 4 N–H and O–H groups in total. The van der Waals surface area contributed by atoms with Gasteiger partial charge in [-0.2, -0.15) is 0 Å². The molecule has 2 heterocycles. The van der Waals surface area contributed by atoms with Gasteiger partial charge in [-0.15, -0.1) is 0 Å². The maximum Gasteiger partial charge on any atom is 0.255 e. The molecule has 6 heteroatoms. The minimum Gasteiger partial charge on any atom is -0.508 e. The Morgan fingerprint density at radius 3 is 3.11 bits per heavy atom. The van der Waals surface area contributed by atoms with Crippen molar-refractivity contribution in [2.75, 3.05) is 11.9 Å². The molecule has 3 rings (SSSR count). The van der Waals surface area contributed by atoms with Crippen LogP contribution in [0.1, 0.15) is 11.3 Å². The van der Waals surface area contributed by atoms with Gasteiger partial charge in [0.2, 0.25) is 5.95 Å². The summed E-state index contributed by atoms with van der Waals surface area (Å²) in [5, 5.41) is 15.6. The third-order valence-electron chi connectivity index (χ3n) is 3.05. The van der Waals surface area contributed by atoms with Gasteiger partial charge in [-0.1, -0.05) is 6.07 Å². The largest absolute Gasteiger partial charge is 0.508 e. The van der Waals surface area contributed by atoms with E-state index in [1.165, 1.54) is 0 Å². The van der Waals surface area contributed by atoms with Crippen molar-refractivity contribution < 1.29 is 5.11 Å². The third kappa shape index (κ3) is 2.43. The molecule has 1 aliphatic heterocycles. The van der Waals surface area contributed by atoms with Crippen LogP contribution in [0.2, 0.25) is 0 Å². The van der Waals surface area contributed by atoms with Crippen molar-refractivity contribution in [3.8, 4) is 5.75 Å². The van der Waals surface area contributed by atoms with Gasteiger partial charge in [0.15, 0.2) is 0 Å². The van der Waals surface area contributed by atoms with Gasteiger partial charge in [0.1, 0.15) is 5.75 Å². The highest BCUT2D eigenvalue weighted by molar-refractivity contribution is 5.55. The second-order valence-corrected chi connectivity index (χ2v) is 4.44. The van der Waals surface area contributed by atoms with Crippen molar-refractivity contribution in [2.24, 2.45) is 0 Å². The first-order chi connectivity index (χ1) is 9.22. The molecule has 0 saturated heterocycles. The molecular weight excluding hydrogens is 244 g/mol. The van der Waals surface area contributed by atoms with Crippen molar-refractivity contribution in [1.82, 2.24) is 15.3 Å². The number of aromatic amines is 1. The van der Waals surface area contributed by atoms with Gasteiger partial charge in [0.25, 0.3) is 5.56 Å². The van der Waals surface area contributed by atoms with Crippen molar-refractivity contribution in [3.05, 3.63) is 45.9 Å². The SMILES string of the molecule is O=c1[nH]c(Nc2cccc(O)c2)nc2c1CCNC2. The molecule has 1 aromatic carbocycles. The minimum atomic E-state index is -0.103. The van der Waals surface area contributed by atoms with Crippen LogP contribution in [0.5, 0.6) is 5.75 Å². The highest BCUT2D eigenvalue weighted by Crippen LogP contribution is 2.18. The average Bonchev–Trinajstić information content (AvgIpc) is 2.39. The Morgan fingerprint density at radius 2 is 2.26 bits per heavy atom. The number of benzene rings is 1. The lowest BCUT2D eigenvalue weighted by atomic mass is 10.1. The number of fused-ring (bicyclic) bond motifs is 1. The number of nitrogens with one attached hydrogen (secondary N) is 3. The van der Waals surface area contributed by atoms with Gasteiger partial charge in [-0.25, -0.2) is 4.98 Å². The summed E-state index contributed by atoms with van der Waals surface area (Å²) in [5.41, 5.74) is 2.10. The molecule has 0 unspecified atom stereocenters.